The molecule has 15 nitrogen and oxygen atoms in total. The summed E-state index contributed by atoms with van der Waals surface area (Å²) in [5.74, 6) is -5.15. The van der Waals surface area contributed by atoms with Crippen molar-refractivity contribution in [3.05, 3.63) is 89.9 Å². The van der Waals surface area contributed by atoms with Crippen molar-refractivity contribution in [2.45, 2.75) is 25.1 Å². The van der Waals surface area contributed by atoms with E-state index < -0.39 is 63.0 Å². The van der Waals surface area contributed by atoms with Crippen LogP contribution in [0, 0.1) is 20.2 Å². The third kappa shape index (κ3) is 7.52. The number of nitrogens with zero attached hydrogens (tertiary/aromatic N) is 3. The van der Waals surface area contributed by atoms with E-state index in [0.717, 1.165) is 31.4 Å². The number of hydrogen-bond acceptors (Lipinski definition) is 11. The summed E-state index contributed by atoms with van der Waals surface area (Å²) in [6.45, 7) is 0. The number of halogens is 3. The molecule has 2 aromatic carbocycles. The fraction of sp³-hybridized carbons (Fsp3) is 0.217. The lowest BCUT2D eigenvalue weighted by Gasteiger charge is -2.18. The molecule has 1 amide bonds. The molecule has 216 valence electrons. The zero-order valence-corrected chi connectivity index (χ0v) is 20.6. The van der Waals surface area contributed by atoms with Gasteiger partial charge in [0.2, 0.25) is 0 Å². The molecule has 3 N–H and O–H groups in total. The van der Waals surface area contributed by atoms with Gasteiger partial charge in [-0.15, -0.1) is 0 Å². The van der Waals surface area contributed by atoms with E-state index in [4.69, 9.17) is 4.74 Å². The van der Waals surface area contributed by atoms with Crippen LogP contribution in [0.25, 0.3) is 0 Å². The summed E-state index contributed by atoms with van der Waals surface area (Å²) in [7, 11) is 0.815. The topological polar surface area (TPSA) is 217 Å². The Hall–Kier alpha value is -5.55. The number of methoxy groups -OCH3 is 1. The van der Waals surface area contributed by atoms with E-state index >= 15 is 0 Å². The van der Waals surface area contributed by atoms with Gasteiger partial charge in [0.05, 0.1) is 22.7 Å². The highest BCUT2D eigenvalue weighted by atomic mass is 19.4. The van der Waals surface area contributed by atoms with Gasteiger partial charge in [-0.2, -0.15) is 18.3 Å². The Kier molecular flexibility index (Phi) is 8.85. The Balaban J connectivity index is 2.01. The highest BCUT2D eigenvalue weighted by Crippen LogP contribution is 2.42. The molecule has 3 aromatic rings. The Bertz CT molecular complexity index is 1520. The number of nitro benzene ring substituents is 2. The molecule has 1 aromatic heterocycles. The molecule has 0 saturated carbocycles. The first-order valence-electron chi connectivity index (χ1n) is 11.1. The van der Waals surface area contributed by atoms with Gasteiger partial charge in [0.1, 0.15) is 17.5 Å². The van der Waals surface area contributed by atoms with E-state index in [2.05, 4.69) is 14.9 Å². The minimum Gasteiger partial charge on any atom is -0.508 e. The number of benzene rings is 2. The third-order valence-corrected chi connectivity index (χ3v) is 5.37. The number of aromatic nitrogens is 2. The molecule has 0 spiro atoms. The second-order valence-corrected chi connectivity index (χ2v) is 8.21. The van der Waals surface area contributed by atoms with Crippen LogP contribution in [0.15, 0.2) is 47.3 Å². The Morgan fingerprint density at radius 3 is 2.24 bits per heavy atom. The second-order valence-electron chi connectivity index (χ2n) is 8.21. The number of aromatic amines is 1. The molecule has 0 aliphatic rings. The fourth-order valence-electron chi connectivity index (χ4n) is 3.51. The fourth-order valence-corrected chi connectivity index (χ4v) is 3.51. The van der Waals surface area contributed by atoms with E-state index in [9.17, 15) is 52.9 Å². The number of amides is 1. The summed E-state index contributed by atoms with van der Waals surface area (Å²) in [6.07, 6.45) is -6.26. The lowest BCUT2D eigenvalue weighted by atomic mass is 10.0. The van der Waals surface area contributed by atoms with Crippen LogP contribution in [0.1, 0.15) is 16.8 Å². The maximum absolute atomic E-state index is 12.7. The van der Waals surface area contributed by atoms with Gasteiger partial charge in [0.15, 0.2) is 0 Å². The highest BCUT2D eigenvalue weighted by Gasteiger charge is 2.41. The van der Waals surface area contributed by atoms with Crippen LogP contribution in [-0.4, -0.2) is 56.4 Å². The predicted octanol–water partition coefficient (Wildman–Crippen LogP) is 2.44. The van der Waals surface area contributed by atoms with Crippen LogP contribution in [0.2, 0.25) is 0 Å². The van der Waals surface area contributed by atoms with Crippen LogP contribution in [0.3, 0.4) is 0 Å². The van der Waals surface area contributed by atoms with Gasteiger partial charge in [0, 0.05) is 36.6 Å². The van der Waals surface area contributed by atoms with Crippen molar-refractivity contribution in [1.29, 1.82) is 0 Å². The van der Waals surface area contributed by atoms with Gasteiger partial charge < -0.3 is 19.9 Å². The summed E-state index contributed by atoms with van der Waals surface area (Å²) in [5, 5.41) is 41.2. The number of rotatable bonds is 10. The quantitative estimate of drug-likeness (QED) is 0.179. The Morgan fingerprint density at radius 1 is 1.10 bits per heavy atom. The summed E-state index contributed by atoms with van der Waals surface area (Å²) < 4.78 is 48.0. The molecule has 18 heteroatoms. The first-order chi connectivity index (χ1) is 19.2. The summed E-state index contributed by atoms with van der Waals surface area (Å²) >= 11 is 0. The molecular formula is C23H18F3N5O10. The molecule has 1 heterocycles. The van der Waals surface area contributed by atoms with Crippen LogP contribution >= 0.6 is 0 Å². The standard InChI is InChI=1S/C23H18F3N5O10/c1-40-21(34)15(27-22(35)23(24,25)26)6-11-7-16(30(36)37)20(17(8-11)31(38)39)41-14-3-4-18(32)12(10-14)9-13-2-5-19(33)29-28-13/h2-5,7-8,10,15,32H,6,9H2,1H3,(H,27,35)(H,29,33)/t15-/m0/s1. The van der Waals surface area contributed by atoms with Crippen LogP contribution < -0.4 is 15.6 Å². The molecular weight excluding hydrogens is 563 g/mol. The lowest BCUT2D eigenvalue weighted by molar-refractivity contribution is -0.395. The normalized spacial score (nSPS) is 11.8. The van der Waals surface area contributed by atoms with Crippen LogP contribution in [-0.2, 0) is 27.2 Å². The number of esters is 1. The number of alkyl halides is 3. The van der Waals surface area contributed by atoms with Crippen molar-refractivity contribution in [2.75, 3.05) is 7.11 Å². The molecule has 1 atom stereocenters. The average molecular weight is 581 g/mol. The van der Waals surface area contributed by atoms with Gasteiger partial charge in [-0.3, -0.25) is 29.8 Å². The smallest absolute Gasteiger partial charge is 0.471 e. The number of aromatic hydroxyl groups is 1. The van der Waals surface area contributed by atoms with Crippen LogP contribution in [0.4, 0.5) is 24.5 Å². The number of ether oxygens (including phenoxy) is 2. The minimum atomic E-state index is -5.38. The van der Waals surface area contributed by atoms with Crippen molar-refractivity contribution in [3.8, 4) is 17.2 Å². The SMILES string of the molecule is COC(=O)[C@H](Cc1cc([N+](=O)[O-])c(Oc2ccc(O)c(Cc3ccc(=O)[nH]n3)c2)c([N+](=O)[O-])c1)NC(=O)C(F)(F)F. The molecule has 3 rings (SSSR count). The van der Waals surface area contributed by atoms with Gasteiger partial charge in [0.25, 0.3) is 11.3 Å². The Morgan fingerprint density at radius 2 is 1.73 bits per heavy atom. The molecule has 0 aliphatic heterocycles. The zero-order valence-electron chi connectivity index (χ0n) is 20.6. The van der Waals surface area contributed by atoms with E-state index in [1.807, 2.05) is 0 Å². The van der Waals surface area contributed by atoms with E-state index in [-0.39, 0.29) is 29.0 Å². The van der Waals surface area contributed by atoms with E-state index in [1.54, 1.807) is 0 Å². The minimum absolute atomic E-state index is 0.0402. The average Bonchev–Trinajstić information content (AvgIpc) is 2.90. The number of H-pyrrole nitrogens is 1. The van der Waals surface area contributed by atoms with Gasteiger partial charge in [-0.05, 0) is 29.8 Å². The summed E-state index contributed by atoms with van der Waals surface area (Å²) in [6, 6.07) is 5.52. The number of phenolic OH excluding ortho intramolecular Hbond substituents is 1. The van der Waals surface area contributed by atoms with Crippen molar-refractivity contribution < 1.29 is 47.2 Å². The number of hydrogen-bond donors (Lipinski definition) is 3. The number of phenols is 1. The van der Waals surface area contributed by atoms with Gasteiger partial charge in [-0.1, -0.05) is 0 Å². The number of carbonyl (C=O) groups excluding carboxylic acids is 2. The van der Waals surface area contributed by atoms with Gasteiger partial charge in [-0.25, -0.2) is 9.89 Å². The third-order valence-electron chi connectivity index (χ3n) is 5.37. The van der Waals surface area contributed by atoms with Gasteiger partial charge >= 0.3 is 29.4 Å². The van der Waals surface area contributed by atoms with E-state index in [0.29, 0.717) is 5.69 Å². The first-order valence-corrected chi connectivity index (χ1v) is 11.1. The van der Waals surface area contributed by atoms with Crippen molar-refractivity contribution in [2.24, 2.45) is 0 Å². The Labute approximate surface area is 225 Å². The van der Waals surface area contributed by atoms with E-state index in [1.165, 1.54) is 23.5 Å². The predicted molar refractivity (Wildman–Crippen MR) is 129 cm³/mol. The highest BCUT2D eigenvalue weighted by molar-refractivity contribution is 5.87. The molecule has 0 aliphatic carbocycles. The summed E-state index contributed by atoms with van der Waals surface area (Å²) in [4.78, 5) is 56.1. The van der Waals surface area contributed by atoms with Crippen molar-refractivity contribution >= 4 is 23.3 Å². The zero-order chi connectivity index (χ0) is 30.5. The number of nitro groups is 2. The second kappa shape index (κ2) is 12.1. The molecule has 0 saturated heterocycles. The maximum Gasteiger partial charge on any atom is 0.471 e. The molecule has 0 radical (unpaired) electrons. The monoisotopic (exact) mass is 581 g/mol. The molecule has 41 heavy (non-hydrogen) atoms. The summed E-state index contributed by atoms with van der Waals surface area (Å²) in [5.41, 5.74) is -2.34. The molecule has 0 unspecified atom stereocenters. The van der Waals surface area contributed by atoms with Crippen LogP contribution in [0.5, 0.6) is 17.2 Å². The number of carbonyl (C=O) groups is 2. The lowest BCUT2D eigenvalue weighted by Crippen LogP contribution is -2.48. The number of nitrogens with one attached hydrogen (secondary N) is 2. The molecule has 0 bridgehead atoms. The largest absolute Gasteiger partial charge is 0.508 e. The maximum atomic E-state index is 12.7. The molecule has 0 fully saturated rings. The first kappa shape index (κ1) is 30.0. The van der Waals surface area contributed by atoms with Crippen molar-refractivity contribution in [3.63, 3.8) is 0 Å². The van der Waals surface area contributed by atoms with Crippen molar-refractivity contribution in [1.82, 2.24) is 15.5 Å².